The molecule has 0 N–H and O–H groups in total. The standard InChI is InChI=1S/C13H23N3O2/c1-5-13(6-2,18-8-4)11(17)9-12-14-10-15-16(12)7-3/h10H,5-9H2,1-4H3. The molecule has 0 aliphatic carbocycles. The molecule has 0 spiro atoms. The van der Waals surface area contributed by atoms with E-state index in [9.17, 15) is 4.79 Å². The summed E-state index contributed by atoms with van der Waals surface area (Å²) in [7, 11) is 0. The van der Waals surface area contributed by atoms with Gasteiger partial charge in [-0.15, -0.1) is 0 Å². The normalized spacial score (nSPS) is 11.8. The summed E-state index contributed by atoms with van der Waals surface area (Å²) >= 11 is 0. The largest absolute Gasteiger partial charge is 0.368 e. The second-order valence-electron chi connectivity index (χ2n) is 4.23. The molecule has 0 atom stereocenters. The maximum Gasteiger partial charge on any atom is 0.172 e. The van der Waals surface area contributed by atoms with E-state index < -0.39 is 5.60 Å². The average molecular weight is 253 g/mol. The number of hydrogen-bond donors (Lipinski definition) is 0. The predicted molar refractivity (Wildman–Crippen MR) is 69.3 cm³/mol. The van der Waals surface area contributed by atoms with Crippen LogP contribution in [0.1, 0.15) is 46.4 Å². The first-order valence-corrected chi connectivity index (χ1v) is 6.67. The number of rotatable bonds is 8. The van der Waals surface area contributed by atoms with Crippen LogP contribution in [0.3, 0.4) is 0 Å². The van der Waals surface area contributed by atoms with E-state index in [4.69, 9.17) is 4.74 Å². The highest BCUT2D eigenvalue weighted by Crippen LogP contribution is 2.23. The summed E-state index contributed by atoms with van der Waals surface area (Å²) in [4.78, 5) is 16.6. The molecular formula is C13H23N3O2. The van der Waals surface area contributed by atoms with Crippen molar-refractivity contribution in [3.05, 3.63) is 12.2 Å². The fourth-order valence-corrected chi connectivity index (χ4v) is 2.20. The van der Waals surface area contributed by atoms with Gasteiger partial charge in [0.25, 0.3) is 0 Å². The summed E-state index contributed by atoms with van der Waals surface area (Å²) in [6.07, 6.45) is 3.16. The molecule has 0 fully saturated rings. The molecule has 0 amide bonds. The Balaban J connectivity index is 2.85. The number of hydrogen-bond acceptors (Lipinski definition) is 4. The van der Waals surface area contributed by atoms with E-state index in [1.54, 1.807) is 4.68 Å². The number of nitrogens with zero attached hydrogens (tertiary/aromatic N) is 3. The minimum Gasteiger partial charge on any atom is -0.368 e. The minimum atomic E-state index is -0.667. The van der Waals surface area contributed by atoms with Gasteiger partial charge in [0.15, 0.2) is 5.78 Å². The number of aryl methyl sites for hydroxylation is 1. The molecule has 1 aromatic heterocycles. The van der Waals surface area contributed by atoms with Gasteiger partial charge in [-0.25, -0.2) is 9.67 Å². The van der Waals surface area contributed by atoms with Gasteiger partial charge in [0, 0.05) is 13.2 Å². The van der Waals surface area contributed by atoms with Crippen LogP contribution in [0.15, 0.2) is 6.33 Å². The molecule has 0 aliphatic heterocycles. The zero-order valence-electron chi connectivity index (χ0n) is 11.8. The SMILES string of the molecule is CCOC(CC)(CC)C(=O)Cc1ncnn1CC. The number of ether oxygens (including phenoxy) is 1. The summed E-state index contributed by atoms with van der Waals surface area (Å²) < 4.78 is 7.45. The van der Waals surface area contributed by atoms with Crippen LogP contribution in [0.2, 0.25) is 0 Å². The second kappa shape index (κ2) is 6.64. The summed E-state index contributed by atoms with van der Waals surface area (Å²) in [5.41, 5.74) is -0.667. The zero-order chi connectivity index (χ0) is 13.6. The van der Waals surface area contributed by atoms with Crippen LogP contribution in [0.4, 0.5) is 0 Å². The Labute approximate surface area is 109 Å². The van der Waals surface area contributed by atoms with Crippen molar-refractivity contribution < 1.29 is 9.53 Å². The smallest absolute Gasteiger partial charge is 0.172 e. The van der Waals surface area contributed by atoms with Crippen LogP contribution in [0.25, 0.3) is 0 Å². The van der Waals surface area contributed by atoms with Crippen molar-refractivity contribution in [1.29, 1.82) is 0 Å². The van der Waals surface area contributed by atoms with E-state index in [0.29, 0.717) is 25.3 Å². The Bertz CT molecular complexity index is 383. The molecule has 5 heteroatoms. The second-order valence-corrected chi connectivity index (χ2v) is 4.23. The van der Waals surface area contributed by atoms with Crippen LogP contribution >= 0.6 is 0 Å². The third-order valence-corrected chi connectivity index (χ3v) is 3.38. The Kier molecular flexibility index (Phi) is 5.47. The number of ketones is 1. The number of carbonyl (C=O) groups excluding carboxylic acids is 1. The Morgan fingerprint density at radius 3 is 2.50 bits per heavy atom. The molecule has 0 radical (unpaired) electrons. The first kappa shape index (κ1) is 14.8. The fraction of sp³-hybridized carbons (Fsp3) is 0.769. The molecule has 5 nitrogen and oxygen atoms in total. The van der Waals surface area contributed by atoms with Gasteiger partial charge in [0.2, 0.25) is 0 Å². The van der Waals surface area contributed by atoms with E-state index in [-0.39, 0.29) is 12.2 Å². The van der Waals surface area contributed by atoms with Gasteiger partial charge >= 0.3 is 0 Å². The fourth-order valence-electron chi connectivity index (χ4n) is 2.20. The Hall–Kier alpha value is -1.23. The van der Waals surface area contributed by atoms with E-state index in [1.807, 2.05) is 27.7 Å². The summed E-state index contributed by atoms with van der Waals surface area (Å²) in [6.45, 7) is 9.15. The van der Waals surface area contributed by atoms with Gasteiger partial charge < -0.3 is 4.74 Å². The van der Waals surface area contributed by atoms with E-state index in [0.717, 1.165) is 6.54 Å². The lowest BCUT2D eigenvalue weighted by atomic mass is 9.89. The van der Waals surface area contributed by atoms with Crippen LogP contribution in [0, 0.1) is 0 Å². The van der Waals surface area contributed by atoms with Crippen LogP contribution in [0.5, 0.6) is 0 Å². The maximum atomic E-state index is 12.4. The number of Topliss-reactive ketones (excluding diaryl/α,β-unsaturated/α-hetero) is 1. The van der Waals surface area contributed by atoms with Crippen LogP contribution in [-0.2, 0) is 22.5 Å². The molecule has 1 aromatic rings. The molecule has 0 aliphatic rings. The summed E-state index contributed by atoms with van der Waals surface area (Å²) in [5, 5.41) is 4.08. The topological polar surface area (TPSA) is 57.0 Å². The van der Waals surface area contributed by atoms with Crippen molar-refractivity contribution in [1.82, 2.24) is 14.8 Å². The molecule has 18 heavy (non-hydrogen) atoms. The third kappa shape index (κ3) is 2.96. The maximum absolute atomic E-state index is 12.4. The average Bonchev–Trinajstić information content (AvgIpc) is 2.83. The molecule has 0 unspecified atom stereocenters. The predicted octanol–water partition coefficient (Wildman–Crippen LogP) is 2.00. The van der Waals surface area contributed by atoms with Crippen molar-refractivity contribution in [2.24, 2.45) is 0 Å². The van der Waals surface area contributed by atoms with E-state index >= 15 is 0 Å². The van der Waals surface area contributed by atoms with Crippen molar-refractivity contribution in [2.45, 2.75) is 59.1 Å². The Morgan fingerprint density at radius 2 is 2.00 bits per heavy atom. The third-order valence-electron chi connectivity index (χ3n) is 3.38. The number of aromatic nitrogens is 3. The van der Waals surface area contributed by atoms with Gasteiger partial charge in [-0.1, -0.05) is 13.8 Å². The molecule has 0 saturated heterocycles. The van der Waals surface area contributed by atoms with E-state index in [2.05, 4.69) is 10.1 Å². The monoisotopic (exact) mass is 253 g/mol. The lowest BCUT2D eigenvalue weighted by Gasteiger charge is -2.29. The van der Waals surface area contributed by atoms with Crippen molar-refractivity contribution in [3.63, 3.8) is 0 Å². The van der Waals surface area contributed by atoms with E-state index in [1.165, 1.54) is 6.33 Å². The first-order valence-electron chi connectivity index (χ1n) is 6.67. The van der Waals surface area contributed by atoms with Gasteiger partial charge in [-0.3, -0.25) is 4.79 Å². The van der Waals surface area contributed by atoms with Crippen LogP contribution < -0.4 is 0 Å². The van der Waals surface area contributed by atoms with Gasteiger partial charge in [0.05, 0.1) is 6.42 Å². The van der Waals surface area contributed by atoms with Crippen molar-refractivity contribution >= 4 is 5.78 Å². The highest BCUT2D eigenvalue weighted by Gasteiger charge is 2.35. The van der Waals surface area contributed by atoms with Gasteiger partial charge in [-0.05, 0) is 26.7 Å². The molecule has 102 valence electrons. The lowest BCUT2D eigenvalue weighted by Crippen LogP contribution is -2.42. The molecule has 1 heterocycles. The molecule has 0 saturated carbocycles. The summed E-state index contributed by atoms with van der Waals surface area (Å²) in [6, 6.07) is 0. The number of carbonyl (C=O) groups is 1. The highest BCUT2D eigenvalue weighted by atomic mass is 16.5. The van der Waals surface area contributed by atoms with Gasteiger partial charge in [-0.2, -0.15) is 5.10 Å². The molecule has 0 aromatic carbocycles. The minimum absolute atomic E-state index is 0.0945. The van der Waals surface area contributed by atoms with Crippen molar-refractivity contribution in [2.75, 3.05) is 6.61 Å². The molecule has 1 rings (SSSR count). The lowest BCUT2D eigenvalue weighted by molar-refractivity contribution is -0.144. The Morgan fingerprint density at radius 1 is 1.33 bits per heavy atom. The molecular weight excluding hydrogens is 230 g/mol. The quantitative estimate of drug-likeness (QED) is 0.711. The van der Waals surface area contributed by atoms with Crippen molar-refractivity contribution in [3.8, 4) is 0 Å². The zero-order valence-corrected chi connectivity index (χ0v) is 11.8. The summed E-state index contributed by atoms with van der Waals surface area (Å²) in [5.74, 6) is 0.811. The van der Waals surface area contributed by atoms with Crippen LogP contribution in [-0.4, -0.2) is 32.8 Å². The first-order chi connectivity index (χ1) is 8.63. The molecule has 0 bridgehead atoms. The highest BCUT2D eigenvalue weighted by molar-refractivity contribution is 5.88. The van der Waals surface area contributed by atoms with Gasteiger partial charge in [0.1, 0.15) is 17.8 Å².